The molecule has 0 saturated heterocycles. The standard InChI is InChI=1S/C53H37N/c1-5-15-38(16-6-1)40-25-31-45(32-26-40)54(46-33-27-41(28-34-46)39-17-7-2-8-18-39)47-35-29-42-30-36-49-48-23-13-14-24-51(48)53(52(49)50(42)37-47,43-19-9-3-10-20-43)44-21-11-4-12-22-44/h1-37H. The summed E-state index contributed by atoms with van der Waals surface area (Å²) in [7, 11) is 0. The van der Waals surface area contributed by atoms with Crippen LogP contribution in [0.3, 0.4) is 0 Å². The summed E-state index contributed by atoms with van der Waals surface area (Å²) >= 11 is 0. The molecule has 1 aliphatic carbocycles. The molecule has 0 amide bonds. The number of rotatable bonds is 7. The summed E-state index contributed by atoms with van der Waals surface area (Å²) in [4.78, 5) is 2.40. The summed E-state index contributed by atoms with van der Waals surface area (Å²) in [6, 6.07) is 82.0. The van der Waals surface area contributed by atoms with E-state index in [1.54, 1.807) is 0 Å². The van der Waals surface area contributed by atoms with Crippen molar-refractivity contribution in [2.75, 3.05) is 4.90 Å². The molecular weight excluding hydrogens is 651 g/mol. The van der Waals surface area contributed by atoms with Crippen LogP contribution in [-0.4, -0.2) is 0 Å². The second-order valence-corrected chi connectivity index (χ2v) is 14.1. The van der Waals surface area contributed by atoms with Gasteiger partial charge < -0.3 is 4.90 Å². The van der Waals surface area contributed by atoms with Gasteiger partial charge in [-0.3, -0.25) is 0 Å². The van der Waals surface area contributed by atoms with E-state index in [0.29, 0.717) is 0 Å². The summed E-state index contributed by atoms with van der Waals surface area (Å²) in [5.41, 5.74) is 15.4. The second kappa shape index (κ2) is 13.2. The third kappa shape index (κ3) is 5.17. The van der Waals surface area contributed by atoms with Gasteiger partial charge in [0.1, 0.15) is 0 Å². The van der Waals surface area contributed by atoms with Gasteiger partial charge in [-0.05, 0) is 103 Å². The topological polar surface area (TPSA) is 3.24 Å². The lowest BCUT2D eigenvalue weighted by Crippen LogP contribution is -2.28. The van der Waals surface area contributed by atoms with Crippen LogP contribution in [0.5, 0.6) is 0 Å². The first-order valence-corrected chi connectivity index (χ1v) is 18.7. The van der Waals surface area contributed by atoms with Crippen molar-refractivity contribution in [3.05, 3.63) is 247 Å². The van der Waals surface area contributed by atoms with Crippen LogP contribution in [0.25, 0.3) is 44.2 Å². The van der Waals surface area contributed by atoms with E-state index in [1.165, 1.54) is 66.4 Å². The lowest BCUT2D eigenvalue weighted by Gasteiger charge is -2.35. The molecule has 0 saturated carbocycles. The lowest BCUT2D eigenvalue weighted by atomic mass is 9.66. The number of hydrogen-bond acceptors (Lipinski definition) is 1. The summed E-state index contributed by atoms with van der Waals surface area (Å²) in [5.74, 6) is 0. The highest BCUT2D eigenvalue weighted by molar-refractivity contribution is 6.02. The Morgan fingerprint density at radius 3 is 1.28 bits per heavy atom. The molecule has 9 aromatic rings. The van der Waals surface area contributed by atoms with E-state index >= 15 is 0 Å². The van der Waals surface area contributed by atoms with Gasteiger partial charge in [0, 0.05) is 17.1 Å². The SMILES string of the molecule is c1ccc(-c2ccc(N(c3ccc(-c4ccccc4)cc3)c3ccc4ccc5c(c4c3)C(c3ccccc3)(c3ccccc3)c3ccccc3-5)cc2)cc1. The molecule has 0 N–H and O–H groups in total. The molecule has 1 aliphatic rings. The molecule has 0 aliphatic heterocycles. The van der Waals surface area contributed by atoms with Crippen LogP contribution in [0.4, 0.5) is 17.1 Å². The van der Waals surface area contributed by atoms with E-state index in [2.05, 4.69) is 229 Å². The molecule has 0 atom stereocenters. The number of fused-ring (bicyclic) bond motifs is 5. The Kier molecular flexibility index (Phi) is 7.78. The van der Waals surface area contributed by atoms with E-state index in [1.807, 2.05) is 0 Å². The maximum atomic E-state index is 2.43. The molecule has 0 bridgehead atoms. The van der Waals surface area contributed by atoms with Crippen molar-refractivity contribution < 1.29 is 0 Å². The first-order chi connectivity index (χ1) is 26.8. The quantitative estimate of drug-likeness (QED) is 0.161. The Labute approximate surface area is 317 Å². The fourth-order valence-corrected chi connectivity index (χ4v) is 8.71. The number of hydrogen-bond donors (Lipinski definition) is 0. The van der Waals surface area contributed by atoms with Gasteiger partial charge in [-0.1, -0.05) is 188 Å². The molecule has 1 heteroatoms. The zero-order valence-corrected chi connectivity index (χ0v) is 29.8. The number of nitrogens with zero attached hydrogens (tertiary/aromatic N) is 1. The van der Waals surface area contributed by atoms with Crippen LogP contribution in [0.1, 0.15) is 22.3 Å². The Morgan fingerprint density at radius 1 is 0.315 bits per heavy atom. The fourth-order valence-electron chi connectivity index (χ4n) is 8.71. The number of anilines is 3. The molecule has 0 heterocycles. The highest BCUT2D eigenvalue weighted by Gasteiger charge is 2.47. The normalized spacial score (nSPS) is 12.6. The highest BCUT2D eigenvalue weighted by atomic mass is 15.1. The van der Waals surface area contributed by atoms with E-state index < -0.39 is 5.41 Å². The average molecular weight is 688 g/mol. The van der Waals surface area contributed by atoms with Crippen LogP contribution in [0.15, 0.2) is 224 Å². The molecule has 254 valence electrons. The highest BCUT2D eigenvalue weighted by Crippen LogP contribution is 2.58. The second-order valence-electron chi connectivity index (χ2n) is 14.1. The largest absolute Gasteiger partial charge is 0.310 e. The van der Waals surface area contributed by atoms with Gasteiger partial charge in [0.15, 0.2) is 0 Å². The van der Waals surface area contributed by atoms with E-state index in [9.17, 15) is 0 Å². The van der Waals surface area contributed by atoms with Gasteiger partial charge >= 0.3 is 0 Å². The Morgan fingerprint density at radius 2 is 0.741 bits per heavy atom. The van der Waals surface area contributed by atoms with Crippen molar-refractivity contribution in [3.8, 4) is 33.4 Å². The summed E-state index contributed by atoms with van der Waals surface area (Å²) < 4.78 is 0. The third-order valence-electron chi connectivity index (χ3n) is 11.1. The van der Waals surface area contributed by atoms with Crippen LogP contribution < -0.4 is 4.90 Å². The zero-order chi connectivity index (χ0) is 35.9. The molecule has 0 unspecified atom stereocenters. The smallest absolute Gasteiger partial charge is 0.0719 e. The third-order valence-corrected chi connectivity index (χ3v) is 11.1. The van der Waals surface area contributed by atoms with Crippen molar-refractivity contribution in [1.29, 1.82) is 0 Å². The summed E-state index contributed by atoms with van der Waals surface area (Å²) in [6.45, 7) is 0. The molecular formula is C53H37N. The van der Waals surface area contributed by atoms with E-state index in [-0.39, 0.29) is 0 Å². The van der Waals surface area contributed by atoms with Gasteiger partial charge in [0.25, 0.3) is 0 Å². The van der Waals surface area contributed by atoms with E-state index in [4.69, 9.17) is 0 Å². The van der Waals surface area contributed by atoms with Gasteiger partial charge in [-0.25, -0.2) is 0 Å². The first kappa shape index (κ1) is 31.7. The average Bonchev–Trinajstić information content (AvgIpc) is 3.57. The molecule has 0 aromatic heterocycles. The van der Waals surface area contributed by atoms with Crippen molar-refractivity contribution >= 4 is 27.8 Å². The van der Waals surface area contributed by atoms with E-state index in [0.717, 1.165) is 17.1 Å². The van der Waals surface area contributed by atoms with Gasteiger partial charge in [0.2, 0.25) is 0 Å². The summed E-state index contributed by atoms with van der Waals surface area (Å²) in [6.07, 6.45) is 0. The van der Waals surface area contributed by atoms with Crippen molar-refractivity contribution in [2.45, 2.75) is 5.41 Å². The van der Waals surface area contributed by atoms with Crippen molar-refractivity contribution in [3.63, 3.8) is 0 Å². The Bertz CT molecular complexity index is 2600. The van der Waals surface area contributed by atoms with Gasteiger partial charge in [-0.2, -0.15) is 0 Å². The maximum absolute atomic E-state index is 2.43. The van der Waals surface area contributed by atoms with Crippen LogP contribution >= 0.6 is 0 Å². The lowest BCUT2D eigenvalue weighted by molar-refractivity contribution is 0.775. The fraction of sp³-hybridized carbons (Fsp3) is 0.0189. The Balaban J connectivity index is 1.21. The molecule has 0 radical (unpaired) electrons. The monoisotopic (exact) mass is 687 g/mol. The maximum Gasteiger partial charge on any atom is 0.0719 e. The van der Waals surface area contributed by atoms with Gasteiger partial charge in [-0.15, -0.1) is 0 Å². The molecule has 0 fully saturated rings. The predicted octanol–water partition coefficient (Wildman–Crippen LogP) is 14.0. The number of benzene rings is 9. The van der Waals surface area contributed by atoms with Crippen molar-refractivity contribution in [2.24, 2.45) is 0 Å². The molecule has 54 heavy (non-hydrogen) atoms. The molecule has 10 rings (SSSR count). The predicted molar refractivity (Wildman–Crippen MR) is 227 cm³/mol. The summed E-state index contributed by atoms with van der Waals surface area (Å²) in [5, 5.41) is 2.47. The molecule has 1 nitrogen and oxygen atoms in total. The van der Waals surface area contributed by atoms with Crippen LogP contribution in [-0.2, 0) is 5.41 Å². The molecule has 0 spiro atoms. The zero-order valence-electron chi connectivity index (χ0n) is 29.8. The van der Waals surface area contributed by atoms with Crippen molar-refractivity contribution in [1.82, 2.24) is 0 Å². The first-order valence-electron chi connectivity index (χ1n) is 18.7. The van der Waals surface area contributed by atoms with Crippen LogP contribution in [0.2, 0.25) is 0 Å². The Hall–Kier alpha value is -6.96. The minimum atomic E-state index is -0.494. The van der Waals surface area contributed by atoms with Crippen LogP contribution in [0, 0.1) is 0 Å². The molecule has 9 aromatic carbocycles. The minimum Gasteiger partial charge on any atom is -0.310 e. The minimum absolute atomic E-state index is 0.494. The van der Waals surface area contributed by atoms with Gasteiger partial charge in [0.05, 0.1) is 5.41 Å².